The van der Waals surface area contributed by atoms with Crippen molar-refractivity contribution < 1.29 is 9.18 Å². The number of hydrogen-bond acceptors (Lipinski definition) is 2. The van der Waals surface area contributed by atoms with Gasteiger partial charge >= 0.3 is 0 Å². The normalized spacial score (nSPS) is 12.6. The molecule has 0 heterocycles. The van der Waals surface area contributed by atoms with Gasteiger partial charge in [-0.1, -0.05) is 25.4 Å². The average Bonchev–Trinajstić information content (AvgIpc) is 2.22. The first kappa shape index (κ1) is 13.9. The molecule has 0 radical (unpaired) electrons. The van der Waals surface area contributed by atoms with E-state index < -0.39 is 11.9 Å². The quantitative estimate of drug-likeness (QED) is 0.873. The Morgan fingerprint density at radius 3 is 2.71 bits per heavy atom. The molecule has 1 rings (SSSR count). The summed E-state index contributed by atoms with van der Waals surface area (Å²) in [6, 6.07) is 3.50. The number of hydrogen-bond donors (Lipinski definition) is 2. The number of rotatable bonds is 4. The van der Waals surface area contributed by atoms with Crippen molar-refractivity contribution in [3.05, 3.63) is 29.0 Å². The van der Waals surface area contributed by atoms with Crippen LogP contribution in [0.2, 0.25) is 5.02 Å². The Morgan fingerprint density at radius 1 is 1.53 bits per heavy atom. The number of carbonyl (C=O) groups is 1. The molecule has 0 aromatic heterocycles. The summed E-state index contributed by atoms with van der Waals surface area (Å²) in [4.78, 5) is 11.7. The number of benzene rings is 1. The SMILES string of the molecule is CC(C)C[C@@H](N)C(=O)Nc1ccc(Cl)c(F)c1. The van der Waals surface area contributed by atoms with E-state index in [0.29, 0.717) is 18.0 Å². The zero-order valence-corrected chi connectivity index (χ0v) is 10.6. The minimum Gasteiger partial charge on any atom is -0.325 e. The maximum absolute atomic E-state index is 13.1. The fourth-order valence-corrected chi connectivity index (χ4v) is 1.54. The molecule has 0 spiro atoms. The van der Waals surface area contributed by atoms with E-state index in [0.717, 1.165) is 0 Å². The van der Waals surface area contributed by atoms with E-state index in [9.17, 15) is 9.18 Å². The van der Waals surface area contributed by atoms with Crippen LogP contribution in [0.1, 0.15) is 20.3 Å². The lowest BCUT2D eigenvalue weighted by molar-refractivity contribution is -0.117. The standard InChI is InChI=1S/C12H16ClFN2O/c1-7(2)5-11(15)12(17)16-8-3-4-9(13)10(14)6-8/h3-4,6-7,11H,5,15H2,1-2H3,(H,16,17)/t11-/m1/s1. The molecule has 0 aliphatic heterocycles. The van der Waals surface area contributed by atoms with Crippen LogP contribution >= 0.6 is 11.6 Å². The van der Waals surface area contributed by atoms with E-state index in [1.807, 2.05) is 13.8 Å². The molecule has 3 nitrogen and oxygen atoms in total. The summed E-state index contributed by atoms with van der Waals surface area (Å²) < 4.78 is 13.1. The third-order valence-corrected chi connectivity index (χ3v) is 2.56. The highest BCUT2D eigenvalue weighted by Gasteiger charge is 2.15. The van der Waals surface area contributed by atoms with Crippen LogP contribution < -0.4 is 11.1 Å². The molecule has 0 saturated heterocycles. The van der Waals surface area contributed by atoms with E-state index in [2.05, 4.69) is 5.32 Å². The summed E-state index contributed by atoms with van der Waals surface area (Å²) in [6.07, 6.45) is 0.585. The van der Waals surface area contributed by atoms with E-state index in [-0.39, 0.29) is 10.9 Å². The summed E-state index contributed by atoms with van der Waals surface area (Å²) >= 11 is 5.54. The summed E-state index contributed by atoms with van der Waals surface area (Å²) in [7, 11) is 0. The second-order valence-corrected chi connectivity index (χ2v) is 4.76. The minimum atomic E-state index is -0.589. The Balaban J connectivity index is 2.64. The molecule has 1 aromatic carbocycles. The molecule has 1 amide bonds. The zero-order chi connectivity index (χ0) is 13.0. The van der Waals surface area contributed by atoms with Crippen molar-refractivity contribution in [3.8, 4) is 0 Å². The van der Waals surface area contributed by atoms with Crippen LogP contribution in [0.3, 0.4) is 0 Å². The van der Waals surface area contributed by atoms with Gasteiger partial charge in [-0.2, -0.15) is 0 Å². The predicted octanol–water partition coefficient (Wildman–Crippen LogP) is 2.79. The molecule has 0 saturated carbocycles. The van der Waals surface area contributed by atoms with Crippen molar-refractivity contribution in [3.63, 3.8) is 0 Å². The highest BCUT2D eigenvalue weighted by molar-refractivity contribution is 6.30. The van der Waals surface area contributed by atoms with Crippen molar-refractivity contribution in [2.24, 2.45) is 11.7 Å². The van der Waals surface area contributed by atoms with E-state index in [4.69, 9.17) is 17.3 Å². The summed E-state index contributed by atoms with van der Waals surface area (Å²) in [5.41, 5.74) is 6.06. The molecule has 1 aromatic rings. The van der Waals surface area contributed by atoms with Gasteiger partial charge in [0.2, 0.25) is 5.91 Å². The molecule has 0 fully saturated rings. The van der Waals surface area contributed by atoms with Gasteiger partial charge in [0.1, 0.15) is 5.82 Å². The number of carbonyl (C=O) groups excluding carboxylic acids is 1. The van der Waals surface area contributed by atoms with Gasteiger partial charge in [0.05, 0.1) is 11.1 Å². The monoisotopic (exact) mass is 258 g/mol. The Morgan fingerprint density at radius 2 is 2.18 bits per heavy atom. The number of halogens is 2. The smallest absolute Gasteiger partial charge is 0.241 e. The Labute approximate surface area is 105 Å². The van der Waals surface area contributed by atoms with Gasteiger partial charge in [0.15, 0.2) is 0 Å². The first-order valence-electron chi connectivity index (χ1n) is 5.41. The lowest BCUT2D eigenvalue weighted by Crippen LogP contribution is -2.36. The minimum absolute atomic E-state index is 0.0227. The number of anilines is 1. The number of nitrogens with two attached hydrogens (primary N) is 1. The van der Waals surface area contributed by atoms with Crippen molar-refractivity contribution in [1.29, 1.82) is 0 Å². The number of amides is 1. The summed E-state index contributed by atoms with van der Waals surface area (Å²) in [5, 5.41) is 2.58. The van der Waals surface area contributed by atoms with Crippen molar-refractivity contribution in [2.45, 2.75) is 26.3 Å². The second-order valence-electron chi connectivity index (χ2n) is 4.35. The zero-order valence-electron chi connectivity index (χ0n) is 9.84. The van der Waals surface area contributed by atoms with Crippen molar-refractivity contribution >= 4 is 23.2 Å². The Hall–Kier alpha value is -1.13. The van der Waals surface area contributed by atoms with Crippen LogP contribution in [0, 0.1) is 11.7 Å². The molecule has 0 aliphatic rings. The maximum Gasteiger partial charge on any atom is 0.241 e. The molecular formula is C12H16ClFN2O. The van der Waals surface area contributed by atoms with Gasteiger partial charge in [-0.3, -0.25) is 4.79 Å². The van der Waals surface area contributed by atoms with E-state index >= 15 is 0 Å². The molecule has 3 N–H and O–H groups in total. The third-order valence-electron chi connectivity index (χ3n) is 2.25. The molecule has 17 heavy (non-hydrogen) atoms. The van der Waals surface area contributed by atoms with E-state index in [1.54, 1.807) is 0 Å². The van der Waals surface area contributed by atoms with Gasteiger partial charge < -0.3 is 11.1 Å². The highest BCUT2D eigenvalue weighted by Crippen LogP contribution is 2.19. The predicted molar refractivity (Wildman–Crippen MR) is 67.5 cm³/mol. The van der Waals surface area contributed by atoms with Gasteiger partial charge in [0.25, 0.3) is 0 Å². The van der Waals surface area contributed by atoms with Crippen LogP contribution in [-0.4, -0.2) is 11.9 Å². The lowest BCUT2D eigenvalue weighted by Gasteiger charge is -2.14. The Kier molecular flexibility index (Phi) is 4.90. The van der Waals surface area contributed by atoms with Crippen LogP contribution in [0.15, 0.2) is 18.2 Å². The third kappa shape index (κ3) is 4.32. The van der Waals surface area contributed by atoms with Gasteiger partial charge in [-0.05, 0) is 30.5 Å². The summed E-state index contributed by atoms with van der Waals surface area (Å²) in [6.45, 7) is 3.96. The van der Waals surface area contributed by atoms with Gasteiger partial charge in [0, 0.05) is 5.69 Å². The fraction of sp³-hybridized carbons (Fsp3) is 0.417. The molecule has 0 aliphatic carbocycles. The van der Waals surface area contributed by atoms with Crippen LogP contribution in [0.5, 0.6) is 0 Å². The topological polar surface area (TPSA) is 55.1 Å². The summed E-state index contributed by atoms with van der Waals surface area (Å²) in [5.74, 6) is -0.556. The first-order valence-corrected chi connectivity index (χ1v) is 5.79. The molecule has 94 valence electrons. The first-order chi connectivity index (χ1) is 7.90. The molecule has 0 bridgehead atoms. The van der Waals surface area contributed by atoms with Gasteiger partial charge in [-0.15, -0.1) is 0 Å². The largest absolute Gasteiger partial charge is 0.325 e. The van der Waals surface area contributed by atoms with Crippen LogP contribution in [0.25, 0.3) is 0 Å². The molecule has 1 atom stereocenters. The molecule has 5 heteroatoms. The molecular weight excluding hydrogens is 243 g/mol. The van der Waals surface area contributed by atoms with Crippen LogP contribution in [0.4, 0.5) is 10.1 Å². The second kappa shape index (κ2) is 5.98. The fourth-order valence-electron chi connectivity index (χ4n) is 1.42. The number of nitrogens with one attached hydrogen (secondary N) is 1. The van der Waals surface area contributed by atoms with E-state index in [1.165, 1.54) is 18.2 Å². The molecule has 0 unspecified atom stereocenters. The Bertz CT molecular complexity index is 409. The van der Waals surface area contributed by atoms with Gasteiger partial charge in [-0.25, -0.2) is 4.39 Å². The van der Waals surface area contributed by atoms with Crippen molar-refractivity contribution in [2.75, 3.05) is 5.32 Å². The van der Waals surface area contributed by atoms with Crippen molar-refractivity contribution in [1.82, 2.24) is 0 Å². The average molecular weight is 259 g/mol. The van der Waals surface area contributed by atoms with Crippen LogP contribution in [-0.2, 0) is 4.79 Å². The highest BCUT2D eigenvalue weighted by atomic mass is 35.5. The lowest BCUT2D eigenvalue weighted by atomic mass is 10.0. The maximum atomic E-state index is 13.1.